The van der Waals surface area contributed by atoms with E-state index in [1.807, 2.05) is 0 Å². The molecule has 3 heteroatoms. The zero-order valence-electron chi connectivity index (χ0n) is 9.06. The van der Waals surface area contributed by atoms with Gasteiger partial charge in [-0.2, -0.15) is 0 Å². The van der Waals surface area contributed by atoms with E-state index in [1.54, 1.807) is 0 Å². The van der Waals surface area contributed by atoms with E-state index in [0.717, 1.165) is 12.8 Å². The fourth-order valence-electron chi connectivity index (χ4n) is 1.21. The first-order valence-corrected chi connectivity index (χ1v) is 7.39. The zero-order chi connectivity index (χ0) is 10.5. The molecule has 0 aliphatic carbocycles. The predicted molar refractivity (Wildman–Crippen MR) is 61.3 cm³/mol. The summed E-state index contributed by atoms with van der Waals surface area (Å²) < 4.78 is 0. The Hall–Kier alpha value is 1.02. The molecule has 1 N–H and O–H groups in total. The number of halogens is 1. The summed E-state index contributed by atoms with van der Waals surface area (Å²) >= 11 is 1.33. The minimum atomic E-state index is -0.0264. The van der Waals surface area contributed by atoms with Gasteiger partial charge in [-0.15, -0.1) is 0 Å². The molecule has 75 valence electrons. The minimum Gasteiger partial charge on any atom is -0.393 e. The van der Waals surface area contributed by atoms with E-state index in [4.69, 9.17) is 0 Å². The summed E-state index contributed by atoms with van der Waals surface area (Å²) in [7, 11) is 4.67. The van der Waals surface area contributed by atoms with Crippen LogP contribution in [0.1, 0.15) is 58.8 Å². The molecule has 0 fully saturated rings. The second-order valence-corrected chi connectivity index (χ2v) is 3.29. The van der Waals surface area contributed by atoms with E-state index in [2.05, 4.69) is 22.9 Å². The molecule has 0 aliphatic rings. The smallest absolute Gasteiger partial charge is 0.393 e. The lowest BCUT2D eigenvalue weighted by atomic mass is 10.1. The Kier molecular flexibility index (Phi) is 19.6. The molecule has 1 unspecified atom stereocenters. The van der Waals surface area contributed by atoms with Crippen LogP contribution >= 0.6 is 9.07 Å². The van der Waals surface area contributed by atoms with Crippen molar-refractivity contribution in [3.8, 4) is 0 Å². The molecular weight excluding hydrogens is 196 g/mol. The van der Waals surface area contributed by atoms with Gasteiger partial charge in [-0.1, -0.05) is 46.0 Å². The Morgan fingerprint density at radius 3 is 1.92 bits per heavy atom. The van der Waals surface area contributed by atoms with Gasteiger partial charge in [-0.25, -0.2) is 0 Å². The Bertz CT molecular complexity index is 81.3. The third-order valence-corrected chi connectivity index (χ3v) is 2.03. The summed E-state index contributed by atoms with van der Waals surface area (Å²) in [5.74, 6) is 0. The van der Waals surface area contributed by atoms with E-state index in [0.29, 0.717) is 0 Å². The van der Waals surface area contributed by atoms with Crippen LogP contribution in [0.15, 0.2) is 0 Å². The summed E-state index contributed by atoms with van der Waals surface area (Å²) in [6.07, 6.45) is 8.07. The summed E-state index contributed by atoms with van der Waals surface area (Å²) in [6.45, 7) is 4.36. The van der Waals surface area contributed by atoms with Crippen molar-refractivity contribution < 1.29 is 5.11 Å². The Morgan fingerprint density at radius 2 is 1.46 bits per heavy atom. The Balaban J connectivity index is 0. The van der Waals surface area contributed by atoms with Gasteiger partial charge in [-0.3, -0.25) is 0 Å². The van der Waals surface area contributed by atoms with Gasteiger partial charge in [0.15, 0.2) is 0 Å². The van der Waals surface area contributed by atoms with Crippen LogP contribution in [0, 0.1) is 0 Å². The van der Waals surface area contributed by atoms with Crippen molar-refractivity contribution in [1.82, 2.24) is 0 Å². The van der Waals surface area contributed by atoms with Crippen molar-refractivity contribution in [2.75, 3.05) is 0 Å². The van der Waals surface area contributed by atoms with Gasteiger partial charge in [0.05, 0.1) is 6.10 Å². The molecule has 1 atom stereocenters. The maximum Gasteiger partial charge on any atom is 1.59 e. The molecular formula is C10H22ClMgO+2. The zero-order valence-corrected chi connectivity index (χ0v) is 11.2. The molecule has 0 saturated heterocycles. The second-order valence-electron chi connectivity index (χ2n) is 3.29. The van der Waals surface area contributed by atoms with Crippen molar-refractivity contribution >= 4 is 29.7 Å². The van der Waals surface area contributed by atoms with Gasteiger partial charge in [0, 0.05) is 0 Å². The normalized spacial score (nSPS) is 11.8. The van der Waals surface area contributed by atoms with E-state index >= 15 is 0 Å². The topological polar surface area (TPSA) is 20.2 Å². The third-order valence-electron chi connectivity index (χ3n) is 2.03. The number of hydrogen-bond acceptors (Lipinski definition) is 1. The highest BCUT2D eigenvalue weighted by molar-refractivity contribution is 6.80. The monoisotopic (exact) mass is 217 g/mol. The highest BCUT2D eigenvalue weighted by Crippen LogP contribution is 2.08. The lowest BCUT2D eigenvalue weighted by molar-refractivity contribution is 0.148. The summed E-state index contributed by atoms with van der Waals surface area (Å²) in [6, 6.07) is 0. The van der Waals surface area contributed by atoms with Crippen LogP contribution < -0.4 is 0 Å². The molecule has 0 aliphatic heterocycles. The first-order valence-electron chi connectivity index (χ1n) is 5.26. The summed E-state index contributed by atoms with van der Waals surface area (Å²) in [4.78, 5) is 0. The average Bonchev–Trinajstić information content (AvgIpc) is 2.18. The Morgan fingerprint density at radius 1 is 1.00 bits per heavy atom. The maximum absolute atomic E-state index is 9.41. The minimum absolute atomic E-state index is 0.0264. The van der Waals surface area contributed by atoms with Gasteiger partial charge < -0.3 is 5.11 Å². The van der Waals surface area contributed by atoms with Crippen molar-refractivity contribution in [1.29, 1.82) is 0 Å². The quantitative estimate of drug-likeness (QED) is 0.512. The molecule has 0 saturated carbocycles. The van der Waals surface area contributed by atoms with Crippen molar-refractivity contribution in [3.63, 3.8) is 0 Å². The van der Waals surface area contributed by atoms with Crippen LogP contribution in [-0.4, -0.2) is 31.8 Å². The van der Waals surface area contributed by atoms with Crippen LogP contribution in [-0.2, 0) is 0 Å². The van der Waals surface area contributed by atoms with E-state index < -0.39 is 0 Å². The molecule has 0 aromatic carbocycles. The van der Waals surface area contributed by atoms with Crippen LogP contribution in [0.3, 0.4) is 0 Å². The molecule has 13 heavy (non-hydrogen) atoms. The lowest BCUT2D eigenvalue weighted by Gasteiger charge is -2.08. The van der Waals surface area contributed by atoms with Crippen molar-refractivity contribution in [2.24, 2.45) is 0 Å². The van der Waals surface area contributed by atoms with Gasteiger partial charge in [0.1, 0.15) is 0 Å². The summed E-state index contributed by atoms with van der Waals surface area (Å²) in [5, 5.41) is 9.41. The Labute approximate surface area is 99.5 Å². The molecule has 0 amide bonds. The third kappa shape index (κ3) is 15.7. The molecule has 7 radical (unpaired) electrons. The maximum atomic E-state index is 9.41. The SMILES string of the molecule is CCCCCC(O)CCCC.[Mg+2][Cl]. The molecule has 0 aromatic heterocycles. The van der Waals surface area contributed by atoms with Gasteiger partial charge >= 0.3 is 29.7 Å². The van der Waals surface area contributed by atoms with Gasteiger partial charge in [0.25, 0.3) is 0 Å². The number of aliphatic hydroxyl groups is 1. The molecule has 0 heterocycles. The van der Waals surface area contributed by atoms with Crippen LogP contribution in [0.25, 0.3) is 0 Å². The first kappa shape index (κ1) is 16.4. The number of aliphatic hydroxyl groups excluding tert-OH is 1. The van der Waals surface area contributed by atoms with E-state index in [9.17, 15) is 5.11 Å². The van der Waals surface area contributed by atoms with Crippen molar-refractivity contribution in [3.05, 3.63) is 0 Å². The number of unbranched alkanes of at least 4 members (excludes halogenated alkanes) is 3. The van der Waals surface area contributed by atoms with Gasteiger partial charge in [-0.05, 0) is 12.8 Å². The summed E-state index contributed by atoms with van der Waals surface area (Å²) in [5.41, 5.74) is 0. The fourth-order valence-corrected chi connectivity index (χ4v) is 1.21. The molecule has 0 rings (SSSR count). The average molecular weight is 218 g/mol. The molecule has 1 nitrogen and oxygen atoms in total. The fraction of sp³-hybridized carbons (Fsp3) is 1.00. The van der Waals surface area contributed by atoms with Gasteiger partial charge in [0.2, 0.25) is 0 Å². The largest absolute Gasteiger partial charge is 1.59 e. The molecule has 0 aromatic rings. The van der Waals surface area contributed by atoms with Crippen LogP contribution in [0.4, 0.5) is 0 Å². The van der Waals surface area contributed by atoms with Crippen LogP contribution in [0.2, 0.25) is 0 Å². The molecule has 0 spiro atoms. The second kappa shape index (κ2) is 15.5. The van der Waals surface area contributed by atoms with E-state index in [1.165, 1.54) is 52.7 Å². The lowest BCUT2D eigenvalue weighted by Crippen LogP contribution is -2.05. The highest BCUT2D eigenvalue weighted by atomic mass is 35.5. The van der Waals surface area contributed by atoms with Crippen molar-refractivity contribution in [2.45, 2.75) is 64.9 Å². The predicted octanol–water partition coefficient (Wildman–Crippen LogP) is 3.43. The number of rotatable bonds is 7. The molecule has 0 bridgehead atoms. The number of hydrogen-bond donors (Lipinski definition) is 1. The standard InChI is InChI=1S/C10H22O.ClH.Mg/c1-3-5-7-9-10(11)8-6-4-2;;/h10-11H,3-9H2,1-2H3;1H;/q;;+3/p-1. The highest BCUT2D eigenvalue weighted by Gasteiger charge is 2.16. The van der Waals surface area contributed by atoms with Crippen LogP contribution in [0.5, 0.6) is 0 Å². The first-order chi connectivity index (χ1) is 6.31. The van der Waals surface area contributed by atoms with E-state index in [-0.39, 0.29) is 6.10 Å².